The van der Waals surface area contributed by atoms with E-state index in [1.807, 2.05) is 36.4 Å². The molecule has 1 atom stereocenters. The van der Waals surface area contributed by atoms with Crippen LogP contribution in [0.25, 0.3) is 11.3 Å². The van der Waals surface area contributed by atoms with Gasteiger partial charge in [-0.25, -0.2) is 0 Å². The van der Waals surface area contributed by atoms with Crippen LogP contribution >= 0.6 is 15.9 Å². The van der Waals surface area contributed by atoms with Crippen LogP contribution in [0.1, 0.15) is 18.6 Å². The Kier molecular flexibility index (Phi) is 4.24. The number of likely N-dealkylation sites (tertiary alicyclic amines) is 1. The molecule has 0 aliphatic carbocycles. The van der Waals surface area contributed by atoms with Gasteiger partial charge in [-0.15, -0.1) is 0 Å². The molecule has 1 saturated heterocycles. The van der Waals surface area contributed by atoms with Gasteiger partial charge in [-0.2, -0.15) is 0 Å². The number of hydrogen-bond donors (Lipinski definition) is 1. The van der Waals surface area contributed by atoms with Crippen LogP contribution in [0.15, 0.2) is 45.3 Å². The maximum absolute atomic E-state index is 9.35. The largest absolute Gasteiger partial charge is 0.460 e. The summed E-state index contributed by atoms with van der Waals surface area (Å²) in [5.74, 6) is 1.86. The third kappa shape index (κ3) is 2.97. The summed E-state index contributed by atoms with van der Waals surface area (Å²) in [6, 6.07) is 12.4. The second-order valence-corrected chi connectivity index (χ2v) is 6.14. The highest BCUT2D eigenvalue weighted by Gasteiger charge is 2.24. The first kappa shape index (κ1) is 13.9. The third-order valence-corrected chi connectivity index (χ3v) is 4.39. The Labute approximate surface area is 127 Å². The Balaban J connectivity index is 1.72. The molecular weight excluding hydrogens is 318 g/mol. The topological polar surface area (TPSA) is 36.6 Å². The first-order valence-corrected chi connectivity index (χ1v) is 7.75. The zero-order valence-corrected chi connectivity index (χ0v) is 12.8. The molecule has 1 aromatic carbocycles. The summed E-state index contributed by atoms with van der Waals surface area (Å²) in [5.41, 5.74) is 1.08. The average Bonchev–Trinajstić information content (AvgIpc) is 3.09. The molecule has 1 aromatic heterocycles. The fourth-order valence-corrected chi connectivity index (χ4v) is 3.01. The zero-order chi connectivity index (χ0) is 13.9. The van der Waals surface area contributed by atoms with Gasteiger partial charge in [-0.05, 0) is 43.7 Å². The molecule has 1 aliphatic heterocycles. The molecule has 3 rings (SSSR count). The van der Waals surface area contributed by atoms with Crippen LogP contribution in [0.5, 0.6) is 0 Å². The molecule has 0 bridgehead atoms. The monoisotopic (exact) mass is 335 g/mol. The maximum atomic E-state index is 9.35. The van der Waals surface area contributed by atoms with Crippen LogP contribution in [0, 0.1) is 0 Å². The molecule has 0 saturated carbocycles. The minimum atomic E-state index is 0.236. The normalized spacial score (nSPS) is 19.6. The highest BCUT2D eigenvalue weighted by molar-refractivity contribution is 9.10. The van der Waals surface area contributed by atoms with E-state index in [2.05, 4.69) is 20.8 Å². The van der Waals surface area contributed by atoms with Gasteiger partial charge in [0.05, 0.1) is 13.2 Å². The first-order valence-electron chi connectivity index (χ1n) is 6.96. The summed E-state index contributed by atoms with van der Waals surface area (Å²) in [4.78, 5) is 2.30. The molecule has 106 valence electrons. The molecule has 20 heavy (non-hydrogen) atoms. The molecule has 1 N–H and O–H groups in total. The molecule has 0 unspecified atom stereocenters. The second kappa shape index (κ2) is 6.12. The highest BCUT2D eigenvalue weighted by Crippen LogP contribution is 2.26. The van der Waals surface area contributed by atoms with Crippen molar-refractivity contribution in [1.29, 1.82) is 0 Å². The minimum absolute atomic E-state index is 0.236. The number of benzene rings is 1. The van der Waals surface area contributed by atoms with Crippen LogP contribution in [0.4, 0.5) is 0 Å². The Morgan fingerprint density at radius 3 is 2.75 bits per heavy atom. The van der Waals surface area contributed by atoms with Crippen LogP contribution in [0.3, 0.4) is 0 Å². The number of hydrogen-bond acceptors (Lipinski definition) is 3. The van der Waals surface area contributed by atoms with Crippen molar-refractivity contribution in [2.45, 2.75) is 25.4 Å². The van der Waals surface area contributed by atoms with Gasteiger partial charge < -0.3 is 9.52 Å². The van der Waals surface area contributed by atoms with E-state index in [9.17, 15) is 5.11 Å². The number of furan rings is 1. The van der Waals surface area contributed by atoms with Gasteiger partial charge in [0.25, 0.3) is 0 Å². The summed E-state index contributed by atoms with van der Waals surface area (Å²) in [5, 5.41) is 9.35. The minimum Gasteiger partial charge on any atom is -0.460 e. The number of rotatable bonds is 4. The smallest absolute Gasteiger partial charge is 0.134 e. The van der Waals surface area contributed by atoms with Crippen molar-refractivity contribution in [2.75, 3.05) is 13.2 Å². The van der Waals surface area contributed by atoms with Crippen molar-refractivity contribution in [3.05, 3.63) is 46.6 Å². The first-order chi connectivity index (χ1) is 9.76. The van der Waals surface area contributed by atoms with E-state index in [0.29, 0.717) is 0 Å². The van der Waals surface area contributed by atoms with E-state index in [4.69, 9.17) is 4.42 Å². The molecule has 0 spiro atoms. The van der Waals surface area contributed by atoms with Gasteiger partial charge in [0, 0.05) is 16.1 Å². The highest BCUT2D eigenvalue weighted by atomic mass is 79.9. The summed E-state index contributed by atoms with van der Waals surface area (Å²) < 4.78 is 6.99. The standard InChI is InChI=1S/C16H18BrNO2/c17-13-5-3-12(4-6-13)16-8-7-15(20-16)10-18-9-1-2-14(18)11-19/h3-8,14,19H,1-2,9-11H2/t14-/m1/s1. The van der Waals surface area contributed by atoms with Crippen molar-refractivity contribution in [3.63, 3.8) is 0 Å². The molecule has 0 amide bonds. The lowest BCUT2D eigenvalue weighted by atomic mass is 10.2. The lowest BCUT2D eigenvalue weighted by Gasteiger charge is -2.21. The van der Waals surface area contributed by atoms with Crippen molar-refractivity contribution in [1.82, 2.24) is 4.90 Å². The number of aliphatic hydroxyl groups excluding tert-OH is 1. The number of aliphatic hydroxyl groups is 1. The zero-order valence-electron chi connectivity index (χ0n) is 11.3. The van der Waals surface area contributed by atoms with Gasteiger partial charge in [0.1, 0.15) is 11.5 Å². The van der Waals surface area contributed by atoms with Gasteiger partial charge in [-0.1, -0.05) is 28.1 Å². The van der Waals surface area contributed by atoms with E-state index in [1.165, 1.54) is 0 Å². The summed E-state index contributed by atoms with van der Waals surface area (Å²) in [6.07, 6.45) is 2.24. The average molecular weight is 336 g/mol. The Bertz CT molecular complexity index is 564. The van der Waals surface area contributed by atoms with Crippen LogP contribution in [0.2, 0.25) is 0 Å². The van der Waals surface area contributed by atoms with E-state index >= 15 is 0 Å². The van der Waals surface area contributed by atoms with E-state index in [0.717, 1.165) is 47.5 Å². The molecule has 2 aromatic rings. The molecule has 3 nitrogen and oxygen atoms in total. The predicted octanol–water partition coefficient (Wildman–Crippen LogP) is 3.67. The SMILES string of the molecule is OC[C@H]1CCCN1Cc1ccc(-c2ccc(Br)cc2)o1. The van der Waals surface area contributed by atoms with Gasteiger partial charge in [0.15, 0.2) is 0 Å². The molecule has 0 radical (unpaired) electrons. The molecule has 2 heterocycles. The third-order valence-electron chi connectivity index (χ3n) is 3.86. The fraction of sp³-hybridized carbons (Fsp3) is 0.375. The van der Waals surface area contributed by atoms with Crippen molar-refractivity contribution in [2.24, 2.45) is 0 Å². The Morgan fingerprint density at radius 2 is 2.00 bits per heavy atom. The van der Waals surface area contributed by atoms with Gasteiger partial charge in [0.2, 0.25) is 0 Å². The number of halogens is 1. The van der Waals surface area contributed by atoms with Crippen LogP contribution < -0.4 is 0 Å². The molecule has 1 aliphatic rings. The molecule has 1 fully saturated rings. The van der Waals surface area contributed by atoms with Crippen molar-refractivity contribution in [3.8, 4) is 11.3 Å². The maximum Gasteiger partial charge on any atom is 0.134 e. The van der Waals surface area contributed by atoms with Crippen molar-refractivity contribution >= 4 is 15.9 Å². The van der Waals surface area contributed by atoms with Crippen molar-refractivity contribution < 1.29 is 9.52 Å². The summed E-state index contributed by atoms with van der Waals surface area (Å²) >= 11 is 3.44. The van der Waals surface area contributed by atoms with Crippen LogP contribution in [-0.4, -0.2) is 29.2 Å². The second-order valence-electron chi connectivity index (χ2n) is 5.22. The van der Waals surface area contributed by atoms with E-state index in [-0.39, 0.29) is 12.6 Å². The summed E-state index contributed by atoms with van der Waals surface area (Å²) in [6.45, 7) is 2.06. The van der Waals surface area contributed by atoms with E-state index < -0.39 is 0 Å². The summed E-state index contributed by atoms with van der Waals surface area (Å²) in [7, 11) is 0. The van der Waals surface area contributed by atoms with E-state index in [1.54, 1.807) is 0 Å². The molecular formula is C16H18BrNO2. The molecule has 4 heteroatoms. The van der Waals surface area contributed by atoms with Gasteiger partial charge in [-0.3, -0.25) is 4.90 Å². The Hall–Kier alpha value is -1.10. The fourth-order valence-electron chi connectivity index (χ4n) is 2.74. The number of nitrogens with zero attached hydrogens (tertiary/aromatic N) is 1. The van der Waals surface area contributed by atoms with Gasteiger partial charge >= 0.3 is 0 Å². The lowest BCUT2D eigenvalue weighted by molar-refractivity contribution is 0.146. The quantitative estimate of drug-likeness (QED) is 0.926. The Morgan fingerprint density at radius 1 is 1.20 bits per heavy atom. The lowest BCUT2D eigenvalue weighted by Crippen LogP contribution is -2.31. The van der Waals surface area contributed by atoms with Crippen LogP contribution in [-0.2, 0) is 6.54 Å². The predicted molar refractivity (Wildman–Crippen MR) is 82.4 cm³/mol.